The fourth-order valence-corrected chi connectivity index (χ4v) is 4.12. The van der Waals surface area contributed by atoms with Crippen LogP contribution in [0.2, 0.25) is 12.6 Å². The van der Waals surface area contributed by atoms with E-state index in [1.165, 1.54) is 0 Å². The Kier molecular flexibility index (Phi) is 10.1. The topological polar surface area (TPSA) is 36.9 Å². The predicted molar refractivity (Wildman–Crippen MR) is 71.3 cm³/mol. The van der Waals surface area contributed by atoms with Crippen molar-refractivity contribution in [2.45, 2.75) is 53.0 Å². The van der Waals surface area contributed by atoms with Crippen LogP contribution >= 0.6 is 0 Å². The zero-order valence-electron chi connectivity index (χ0n) is 12.0. The Morgan fingerprint density at radius 2 is 1.29 bits per heavy atom. The summed E-state index contributed by atoms with van der Waals surface area (Å²) in [4.78, 5) is 0. The van der Waals surface area contributed by atoms with Crippen LogP contribution in [0.5, 0.6) is 0 Å². The van der Waals surface area contributed by atoms with Crippen molar-refractivity contribution in [1.29, 1.82) is 0 Å². The molecule has 0 saturated heterocycles. The van der Waals surface area contributed by atoms with E-state index in [1.807, 2.05) is 27.7 Å². The van der Waals surface area contributed by atoms with Gasteiger partial charge in [-0.15, -0.1) is 0 Å². The third-order valence-corrected chi connectivity index (χ3v) is 5.43. The lowest BCUT2D eigenvalue weighted by molar-refractivity contribution is -0.137. The molecule has 5 heteroatoms. The Bertz CT molecular complexity index is 166. The summed E-state index contributed by atoms with van der Waals surface area (Å²) in [6, 6.07) is 0.902. The van der Waals surface area contributed by atoms with E-state index in [9.17, 15) is 0 Å². The van der Waals surface area contributed by atoms with E-state index in [0.29, 0.717) is 26.4 Å². The highest BCUT2D eigenvalue weighted by molar-refractivity contribution is 6.66. The van der Waals surface area contributed by atoms with Gasteiger partial charge in [-0.05, 0) is 40.3 Å². The fourth-order valence-electron chi connectivity index (χ4n) is 1.76. The van der Waals surface area contributed by atoms with Gasteiger partial charge >= 0.3 is 8.56 Å². The lowest BCUT2D eigenvalue weighted by Crippen LogP contribution is -2.39. The van der Waals surface area contributed by atoms with Crippen molar-refractivity contribution in [2.24, 2.45) is 0 Å². The highest BCUT2D eigenvalue weighted by Crippen LogP contribution is 2.19. The number of rotatable bonds is 11. The van der Waals surface area contributed by atoms with Crippen LogP contribution in [0.1, 0.15) is 34.1 Å². The smallest absolute Gasteiger partial charge is 0.335 e. The highest BCUT2D eigenvalue weighted by atomic mass is 28.4. The Balaban J connectivity index is 4.14. The fraction of sp³-hybridized carbons (Fsp3) is 1.00. The number of hydrogen-bond donors (Lipinski definition) is 0. The molecule has 0 heterocycles. The van der Waals surface area contributed by atoms with Gasteiger partial charge in [0.2, 0.25) is 0 Å². The molecule has 17 heavy (non-hydrogen) atoms. The molecule has 0 unspecified atom stereocenters. The molecule has 0 atom stereocenters. The van der Waals surface area contributed by atoms with E-state index in [4.69, 9.17) is 18.3 Å². The van der Waals surface area contributed by atoms with Crippen molar-refractivity contribution in [2.75, 3.05) is 26.4 Å². The van der Waals surface area contributed by atoms with Crippen LogP contribution in [-0.2, 0) is 18.3 Å². The largest absolute Gasteiger partial charge is 0.395 e. The zero-order chi connectivity index (χ0) is 13.1. The molecular formula is C12H28O4Si. The first-order valence-corrected chi connectivity index (χ1v) is 9.15. The minimum absolute atomic E-state index is 0.127. The normalized spacial score (nSPS) is 12.4. The first-order chi connectivity index (χ1) is 8.11. The molecule has 0 rings (SSSR count). The molecule has 0 fully saturated rings. The quantitative estimate of drug-likeness (QED) is 0.425. The van der Waals surface area contributed by atoms with Gasteiger partial charge in [-0.25, -0.2) is 0 Å². The van der Waals surface area contributed by atoms with Gasteiger partial charge in [0.15, 0.2) is 6.29 Å². The van der Waals surface area contributed by atoms with Gasteiger partial charge in [-0.1, -0.05) is 0 Å². The van der Waals surface area contributed by atoms with Gasteiger partial charge in [0.05, 0.1) is 0 Å². The van der Waals surface area contributed by atoms with Crippen LogP contribution < -0.4 is 0 Å². The second-order valence-corrected chi connectivity index (χ2v) is 7.22. The Morgan fingerprint density at radius 1 is 0.824 bits per heavy atom. The summed E-state index contributed by atoms with van der Waals surface area (Å²) in [5.41, 5.74) is 0. The Morgan fingerprint density at radius 3 is 1.65 bits per heavy atom. The molecule has 0 aliphatic carbocycles. The Hall–Kier alpha value is 0.0569. The average molecular weight is 264 g/mol. The maximum absolute atomic E-state index is 5.78. The molecule has 104 valence electrons. The summed E-state index contributed by atoms with van der Waals surface area (Å²) in [5.74, 6) is 0. The maximum Gasteiger partial charge on any atom is 0.335 e. The molecule has 0 spiro atoms. The minimum Gasteiger partial charge on any atom is -0.395 e. The lowest BCUT2D eigenvalue weighted by Gasteiger charge is -2.27. The second kappa shape index (κ2) is 10.0. The first-order valence-electron chi connectivity index (χ1n) is 6.62. The van der Waals surface area contributed by atoms with Crippen LogP contribution in [0, 0.1) is 0 Å². The van der Waals surface area contributed by atoms with Gasteiger partial charge in [-0.2, -0.15) is 0 Å². The van der Waals surface area contributed by atoms with Crippen molar-refractivity contribution in [3.8, 4) is 0 Å². The van der Waals surface area contributed by atoms with E-state index < -0.39 is 8.56 Å². The average Bonchev–Trinajstić information content (AvgIpc) is 2.27. The van der Waals surface area contributed by atoms with Crippen molar-refractivity contribution in [3.05, 3.63) is 0 Å². The van der Waals surface area contributed by atoms with Gasteiger partial charge in [-0.3, -0.25) is 0 Å². The van der Waals surface area contributed by atoms with Crippen LogP contribution in [0.3, 0.4) is 0 Å². The van der Waals surface area contributed by atoms with Crippen LogP contribution in [0.25, 0.3) is 0 Å². The van der Waals surface area contributed by atoms with Crippen molar-refractivity contribution in [1.82, 2.24) is 0 Å². The van der Waals surface area contributed by atoms with Gasteiger partial charge in [0.25, 0.3) is 0 Å². The number of hydrogen-bond acceptors (Lipinski definition) is 4. The van der Waals surface area contributed by atoms with Crippen LogP contribution in [0.15, 0.2) is 0 Å². The van der Waals surface area contributed by atoms with Gasteiger partial charge < -0.3 is 18.3 Å². The molecule has 0 aliphatic rings. The molecule has 0 aliphatic heterocycles. The summed E-state index contributed by atoms with van der Waals surface area (Å²) in [7, 11) is -2.03. The van der Waals surface area contributed by atoms with Crippen LogP contribution in [-0.4, -0.2) is 41.3 Å². The molecule has 0 aromatic rings. The third kappa shape index (κ3) is 7.89. The second-order valence-electron chi connectivity index (χ2n) is 3.88. The van der Waals surface area contributed by atoms with Crippen LogP contribution in [0.4, 0.5) is 0 Å². The van der Waals surface area contributed by atoms with E-state index >= 15 is 0 Å². The lowest BCUT2D eigenvalue weighted by atomic mass is 10.4. The SMILES string of the molecule is CCOC(CC[Si](C)(OCC)OCC)OCC. The standard InChI is InChI=1S/C12H28O4Si/c1-6-13-12(14-7-2)10-11-17(5,15-8-3)16-9-4/h12H,6-11H2,1-5H3. The molecule has 0 saturated carbocycles. The summed E-state index contributed by atoms with van der Waals surface area (Å²) >= 11 is 0. The Labute approximate surface area is 107 Å². The monoisotopic (exact) mass is 264 g/mol. The van der Waals surface area contributed by atoms with E-state index in [-0.39, 0.29) is 6.29 Å². The molecule has 0 N–H and O–H groups in total. The van der Waals surface area contributed by atoms with Gasteiger partial charge in [0.1, 0.15) is 0 Å². The van der Waals surface area contributed by atoms with E-state index in [1.54, 1.807) is 0 Å². The van der Waals surface area contributed by atoms with Crippen molar-refractivity contribution < 1.29 is 18.3 Å². The molecule has 0 amide bonds. The maximum atomic E-state index is 5.78. The molecule has 4 nitrogen and oxygen atoms in total. The molecular weight excluding hydrogens is 236 g/mol. The van der Waals surface area contributed by atoms with E-state index in [2.05, 4.69) is 6.55 Å². The summed E-state index contributed by atoms with van der Waals surface area (Å²) in [6.45, 7) is 12.8. The predicted octanol–water partition coefficient (Wildman–Crippen LogP) is 2.92. The molecule has 0 aromatic heterocycles. The highest BCUT2D eigenvalue weighted by Gasteiger charge is 2.31. The minimum atomic E-state index is -2.03. The molecule has 0 radical (unpaired) electrons. The van der Waals surface area contributed by atoms with Crippen molar-refractivity contribution in [3.63, 3.8) is 0 Å². The zero-order valence-corrected chi connectivity index (χ0v) is 13.0. The molecule has 0 bridgehead atoms. The summed E-state index contributed by atoms with van der Waals surface area (Å²) in [6.07, 6.45) is 0.711. The number of ether oxygens (including phenoxy) is 2. The van der Waals surface area contributed by atoms with Gasteiger partial charge in [0, 0.05) is 32.8 Å². The van der Waals surface area contributed by atoms with Crippen molar-refractivity contribution >= 4 is 8.56 Å². The van der Waals surface area contributed by atoms with E-state index in [0.717, 1.165) is 12.5 Å². The molecule has 0 aromatic carbocycles. The third-order valence-electron chi connectivity index (χ3n) is 2.44. The summed E-state index contributed by atoms with van der Waals surface area (Å²) < 4.78 is 22.6. The summed E-state index contributed by atoms with van der Waals surface area (Å²) in [5, 5.41) is 0. The first kappa shape index (κ1) is 17.1.